The smallest absolute Gasteiger partial charge is 0.214 e. The fourth-order valence-electron chi connectivity index (χ4n) is 0.997. The third-order valence-electron chi connectivity index (χ3n) is 1.97. The number of methoxy groups -OCH3 is 1. The van der Waals surface area contributed by atoms with Gasteiger partial charge in [0.1, 0.15) is 0 Å². The van der Waals surface area contributed by atoms with Crippen LogP contribution in [0.3, 0.4) is 0 Å². The molecule has 1 heterocycles. The van der Waals surface area contributed by atoms with Gasteiger partial charge >= 0.3 is 0 Å². The predicted molar refractivity (Wildman–Crippen MR) is 54.2 cm³/mol. The fraction of sp³-hybridized carbons (Fsp3) is 0.500. The molecule has 0 amide bonds. The molecular formula is C10H16N2O. The van der Waals surface area contributed by atoms with Crippen LogP contribution in [0.5, 0.6) is 5.88 Å². The first-order chi connectivity index (χ1) is 6.26. The van der Waals surface area contributed by atoms with E-state index in [0.717, 1.165) is 12.1 Å². The lowest BCUT2D eigenvalue weighted by atomic mass is 10.2. The summed E-state index contributed by atoms with van der Waals surface area (Å²) in [6, 6.07) is 4.31. The van der Waals surface area contributed by atoms with Gasteiger partial charge < -0.3 is 10.1 Å². The lowest BCUT2D eigenvalue weighted by Crippen LogP contribution is -2.13. The standard InChI is InChI=1S/C10H16N2O/c1-4-8(2)12-9-5-6-11-10(7-9)13-3/h5-8H,4H2,1-3H3,(H,11,12). The first-order valence-corrected chi connectivity index (χ1v) is 4.52. The third-order valence-corrected chi connectivity index (χ3v) is 1.97. The van der Waals surface area contributed by atoms with Crippen LogP contribution in [0.25, 0.3) is 0 Å². The van der Waals surface area contributed by atoms with Gasteiger partial charge in [0.15, 0.2) is 0 Å². The number of ether oxygens (including phenoxy) is 1. The number of anilines is 1. The van der Waals surface area contributed by atoms with Gasteiger partial charge in [-0.25, -0.2) is 4.98 Å². The van der Waals surface area contributed by atoms with Crippen LogP contribution in [0.15, 0.2) is 18.3 Å². The number of aromatic nitrogens is 1. The molecule has 0 bridgehead atoms. The summed E-state index contributed by atoms with van der Waals surface area (Å²) in [6.45, 7) is 4.29. The Bertz CT molecular complexity index is 263. The molecule has 3 nitrogen and oxygen atoms in total. The summed E-state index contributed by atoms with van der Waals surface area (Å²) in [7, 11) is 1.62. The van der Waals surface area contributed by atoms with Crippen molar-refractivity contribution in [2.24, 2.45) is 0 Å². The molecule has 3 heteroatoms. The molecule has 0 spiro atoms. The molecule has 1 rings (SSSR count). The van der Waals surface area contributed by atoms with Gasteiger partial charge in [0.25, 0.3) is 0 Å². The molecular weight excluding hydrogens is 164 g/mol. The van der Waals surface area contributed by atoms with Gasteiger partial charge in [0.2, 0.25) is 5.88 Å². The van der Waals surface area contributed by atoms with Gasteiger partial charge in [-0.3, -0.25) is 0 Å². The zero-order valence-electron chi connectivity index (χ0n) is 8.37. The molecule has 0 aliphatic rings. The summed E-state index contributed by atoms with van der Waals surface area (Å²) in [5.41, 5.74) is 1.06. The van der Waals surface area contributed by atoms with Crippen molar-refractivity contribution in [1.29, 1.82) is 0 Å². The summed E-state index contributed by atoms with van der Waals surface area (Å²) >= 11 is 0. The molecule has 1 aromatic rings. The number of pyridine rings is 1. The molecule has 0 radical (unpaired) electrons. The van der Waals surface area contributed by atoms with Crippen molar-refractivity contribution < 1.29 is 4.74 Å². The summed E-state index contributed by atoms with van der Waals surface area (Å²) in [6.07, 6.45) is 2.84. The van der Waals surface area contributed by atoms with E-state index < -0.39 is 0 Å². The Labute approximate surface area is 79.1 Å². The third kappa shape index (κ3) is 2.93. The summed E-state index contributed by atoms with van der Waals surface area (Å²) in [5, 5.41) is 3.35. The molecule has 1 unspecified atom stereocenters. The van der Waals surface area contributed by atoms with E-state index >= 15 is 0 Å². The Balaban J connectivity index is 2.66. The minimum atomic E-state index is 0.479. The number of nitrogens with one attached hydrogen (secondary N) is 1. The van der Waals surface area contributed by atoms with Crippen LogP contribution in [0, 0.1) is 0 Å². The Kier molecular flexibility index (Phi) is 3.55. The van der Waals surface area contributed by atoms with E-state index in [-0.39, 0.29) is 0 Å². The summed E-state index contributed by atoms with van der Waals surface area (Å²) in [4.78, 5) is 4.03. The molecule has 1 N–H and O–H groups in total. The molecule has 1 aromatic heterocycles. The topological polar surface area (TPSA) is 34.2 Å². The lowest BCUT2D eigenvalue weighted by Gasteiger charge is -2.12. The van der Waals surface area contributed by atoms with E-state index in [0.29, 0.717) is 11.9 Å². The normalized spacial score (nSPS) is 12.2. The van der Waals surface area contributed by atoms with Crippen molar-refractivity contribution >= 4 is 5.69 Å². The molecule has 0 aliphatic carbocycles. The van der Waals surface area contributed by atoms with Crippen molar-refractivity contribution in [1.82, 2.24) is 4.98 Å². The Morgan fingerprint density at radius 2 is 2.38 bits per heavy atom. The van der Waals surface area contributed by atoms with Crippen molar-refractivity contribution in [3.8, 4) is 5.88 Å². The first kappa shape index (κ1) is 9.84. The van der Waals surface area contributed by atoms with Crippen molar-refractivity contribution in [2.45, 2.75) is 26.3 Å². The highest BCUT2D eigenvalue weighted by molar-refractivity contribution is 5.45. The van der Waals surface area contributed by atoms with E-state index in [2.05, 4.69) is 24.1 Å². The Hall–Kier alpha value is -1.25. The van der Waals surface area contributed by atoms with Gasteiger partial charge in [-0.15, -0.1) is 0 Å². The molecule has 72 valence electrons. The maximum Gasteiger partial charge on any atom is 0.214 e. The van der Waals surface area contributed by atoms with Gasteiger partial charge in [0.05, 0.1) is 7.11 Å². The van der Waals surface area contributed by atoms with E-state index in [4.69, 9.17) is 4.74 Å². The second-order valence-corrected chi connectivity index (χ2v) is 3.04. The number of nitrogens with zero attached hydrogens (tertiary/aromatic N) is 1. The van der Waals surface area contributed by atoms with Gasteiger partial charge in [-0.2, -0.15) is 0 Å². The first-order valence-electron chi connectivity index (χ1n) is 4.52. The average molecular weight is 180 g/mol. The second-order valence-electron chi connectivity index (χ2n) is 3.04. The molecule has 0 fully saturated rings. The van der Waals surface area contributed by atoms with E-state index in [1.807, 2.05) is 12.1 Å². The minimum absolute atomic E-state index is 0.479. The molecule has 1 atom stereocenters. The lowest BCUT2D eigenvalue weighted by molar-refractivity contribution is 0.398. The molecule has 0 aromatic carbocycles. The maximum absolute atomic E-state index is 5.02. The van der Waals surface area contributed by atoms with E-state index in [1.54, 1.807) is 13.3 Å². The highest BCUT2D eigenvalue weighted by Gasteiger charge is 1.99. The summed E-state index contributed by atoms with van der Waals surface area (Å²) in [5.74, 6) is 0.647. The van der Waals surface area contributed by atoms with Crippen LogP contribution < -0.4 is 10.1 Å². The minimum Gasteiger partial charge on any atom is -0.481 e. The van der Waals surface area contributed by atoms with Crippen molar-refractivity contribution in [3.63, 3.8) is 0 Å². The predicted octanol–water partition coefficient (Wildman–Crippen LogP) is 2.30. The van der Waals surface area contributed by atoms with Crippen LogP contribution in [0.4, 0.5) is 5.69 Å². The van der Waals surface area contributed by atoms with Gasteiger partial charge in [-0.05, 0) is 19.4 Å². The zero-order valence-corrected chi connectivity index (χ0v) is 8.37. The number of hydrogen-bond donors (Lipinski definition) is 1. The van der Waals surface area contributed by atoms with Crippen molar-refractivity contribution in [3.05, 3.63) is 18.3 Å². The monoisotopic (exact) mass is 180 g/mol. The van der Waals surface area contributed by atoms with Gasteiger partial charge in [0, 0.05) is 24.0 Å². The SMILES string of the molecule is CCC(C)Nc1ccnc(OC)c1. The van der Waals surface area contributed by atoms with Crippen molar-refractivity contribution in [2.75, 3.05) is 12.4 Å². The fourth-order valence-corrected chi connectivity index (χ4v) is 0.997. The van der Waals surface area contributed by atoms with E-state index in [9.17, 15) is 0 Å². The van der Waals surface area contributed by atoms with E-state index in [1.165, 1.54) is 0 Å². The van der Waals surface area contributed by atoms with Crippen LogP contribution in [0.2, 0.25) is 0 Å². The largest absolute Gasteiger partial charge is 0.481 e. The van der Waals surface area contributed by atoms with Crippen LogP contribution in [0.1, 0.15) is 20.3 Å². The molecule has 13 heavy (non-hydrogen) atoms. The highest BCUT2D eigenvalue weighted by Crippen LogP contribution is 2.14. The number of rotatable bonds is 4. The molecule has 0 saturated heterocycles. The van der Waals surface area contributed by atoms with Crippen LogP contribution in [-0.2, 0) is 0 Å². The summed E-state index contributed by atoms with van der Waals surface area (Å²) < 4.78 is 5.02. The molecule has 0 aliphatic heterocycles. The highest BCUT2D eigenvalue weighted by atomic mass is 16.5. The number of hydrogen-bond acceptors (Lipinski definition) is 3. The van der Waals surface area contributed by atoms with Gasteiger partial charge in [-0.1, -0.05) is 6.92 Å². The van der Waals surface area contributed by atoms with Crippen LogP contribution in [-0.4, -0.2) is 18.1 Å². The Morgan fingerprint density at radius 1 is 1.62 bits per heavy atom. The van der Waals surface area contributed by atoms with Crippen LogP contribution >= 0.6 is 0 Å². The second kappa shape index (κ2) is 4.70. The Morgan fingerprint density at radius 3 is 3.00 bits per heavy atom. The molecule has 0 saturated carbocycles. The zero-order chi connectivity index (χ0) is 9.68. The quantitative estimate of drug-likeness (QED) is 0.772. The maximum atomic E-state index is 5.02. The average Bonchev–Trinajstić information content (AvgIpc) is 2.18.